The topological polar surface area (TPSA) is 53.9 Å². The van der Waals surface area contributed by atoms with Gasteiger partial charge in [-0.05, 0) is 30.5 Å². The Balaban J connectivity index is 1.72. The normalized spacial score (nSPS) is 15.5. The van der Waals surface area contributed by atoms with Gasteiger partial charge in [0.15, 0.2) is 6.54 Å². The van der Waals surface area contributed by atoms with Crippen molar-refractivity contribution >= 4 is 29.3 Å². The molecule has 7 heteroatoms. The Morgan fingerprint density at radius 3 is 2.52 bits per heavy atom. The summed E-state index contributed by atoms with van der Waals surface area (Å²) in [6.07, 6.45) is 2.58. The van der Waals surface area contributed by atoms with Crippen molar-refractivity contribution in [1.82, 2.24) is 4.90 Å². The van der Waals surface area contributed by atoms with Crippen LogP contribution in [0.2, 0.25) is 0 Å². The summed E-state index contributed by atoms with van der Waals surface area (Å²) in [7, 11) is 0. The van der Waals surface area contributed by atoms with E-state index < -0.39 is 0 Å². The zero-order valence-electron chi connectivity index (χ0n) is 13.3. The highest BCUT2D eigenvalue weighted by molar-refractivity contribution is 7.98. The number of quaternary nitrogens is 1. The van der Waals surface area contributed by atoms with E-state index in [-0.39, 0.29) is 17.6 Å². The molecule has 2 amide bonds. The van der Waals surface area contributed by atoms with Crippen LogP contribution in [0.1, 0.15) is 6.42 Å². The fraction of sp³-hybridized carbons (Fsp3) is 0.500. The second-order valence-electron chi connectivity index (χ2n) is 5.61. The molecular formula is C16H23FN3O2S+. The van der Waals surface area contributed by atoms with Gasteiger partial charge >= 0.3 is 0 Å². The molecule has 0 saturated carbocycles. The highest BCUT2D eigenvalue weighted by Gasteiger charge is 2.24. The third-order valence-electron chi connectivity index (χ3n) is 3.88. The average molecular weight is 340 g/mol. The lowest BCUT2D eigenvalue weighted by Crippen LogP contribution is -3.15. The van der Waals surface area contributed by atoms with E-state index in [1.807, 2.05) is 11.2 Å². The number of hydrogen-bond donors (Lipinski definition) is 2. The van der Waals surface area contributed by atoms with Gasteiger partial charge in [-0.15, -0.1) is 0 Å². The Kier molecular flexibility index (Phi) is 6.85. The number of hydrogen-bond acceptors (Lipinski definition) is 3. The minimum atomic E-state index is -0.323. The van der Waals surface area contributed by atoms with Crippen molar-refractivity contribution in [2.75, 3.05) is 50.0 Å². The number of thioether (sulfide) groups is 1. The van der Waals surface area contributed by atoms with Crippen LogP contribution in [-0.4, -0.2) is 61.4 Å². The molecule has 126 valence electrons. The second kappa shape index (κ2) is 8.88. The zero-order chi connectivity index (χ0) is 16.7. The van der Waals surface area contributed by atoms with Crippen molar-refractivity contribution in [2.45, 2.75) is 6.42 Å². The maximum atomic E-state index is 12.8. The molecule has 5 nitrogen and oxygen atoms in total. The smallest absolute Gasteiger partial charge is 0.279 e. The Morgan fingerprint density at radius 2 is 1.91 bits per heavy atom. The van der Waals surface area contributed by atoms with Gasteiger partial charge in [-0.3, -0.25) is 9.59 Å². The maximum Gasteiger partial charge on any atom is 0.279 e. The average Bonchev–Trinajstić information content (AvgIpc) is 2.55. The molecule has 2 rings (SSSR count). The molecule has 1 heterocycles. The minimum Gasteiger partial charge on any atom is -0.331 e. The molecule has 1 aromatic rings. The predicted octanol–water partition coefficient (Wildman–Crippen LogP) is 0.244. The maximum absolute atomic E-state index is 12.8. The van der Waals surface area contributed by atoms with Gasteiger partial charge in [0, 0.05) is 17.9 Å². The quantitative estimate of drug-likeness (QED) is 0.780. The van der Waals surface area contributed by atoms with E-state index in [9.17, 15) is 14.0 Å². The molecule has 0 bridgehead atoms. The van der Waals surface area contributed by atoms with Gasteiger partial charge in [-0.25, -0.2) is 4.39 Å². The standard InChI is InChI=1S/C16H22FN3O2S/c1-23-11-6-16(22)20-9-7-19(8-10-20)12-15(21)18-14-4-2-13(17)3-5-14/h2-5H,6-12H2,1H3,(H,18,21)/p+1. The third-order valence-corrected chi connectivity index (χ3v) is 4.49. The molecule has 23 heavy (non-hydrogen) atoms. The monoisotopic (exact) mass is 340 g/mol. The Hall–Kier alpha value is -1.60. The van der Waals surface area contributed by atoms with Crippen molar-refractivity contribution in [3.05, 3.63) is 30.1 Å². The van der Waals surface area contributed by atoms with E-state index in [0.29, 0.717) is 31.7 Å². The highest BCUT2D eigenvalue weighted by atomic mass is 32.2. The van der Waals surface area contributed by atoms with Gasteiger partial charge in [0.05, 0.1) is 26.2 Å². The number of nitrogens with one attached hydrogen (secondary N) is 2. The molecule has 0 unspecified atom stereocenters. The minimum absolute atomic E-state index is 0.0891. The van der Waals surface area contributed by atoms with E-state index in [1.165, 1.54) is 17.0 Å². The van der Waals surface area contributed by atoms with Crippen LogP contribution in [0.3, 0.4) is 0 Å². The molecule has 0 spiro atoms. The van der Waals surface area contributed by atoms with E-state index in [0.717, 1.165) is 18.8 Å². The predicted molar refractivity (Wildman–Crippen MR) is 90.2 cm³/mol. The third kappa shape index (κ3) is 5.84. The van der Waals surface area contributed by atoms with Crippen molar-refractivity contribution in [1.29, 1.82) is 0 Å². The van der Waals surface area contributed by atoms with Crippen molar-refractivity contribution in [2.24, 2.45) is 0 Å². The Morgan fingerprint density at radius 1 is 1.26 bits per heavy atom. The number of halogens is 1. The van der Waals surface area contributed by atoms with Crippen LogP contribution in [0, 0.1) is 5.82 Å². The van der Waals surface area contributed by atoms with Crippen LogP contribution in [0.25, 0.3) is 0 Å². The van der Waals surface area contributed by atoms with Crippen LogP contribution in [0.5, 0.6) is 0 Å². The largest absolute Gasteiger partial charge is 0.331 e. The first-order valence-corrected chi connectivity index (χ1v) is 9.13. The molecule has 0 aromatic heterocycles. The summed E-state index contributed by atoms with van der Waals surface area (Å²) in [5, 5.41) is 2.77. The summed E-state index contributed by atoms with van der Waals surface area (Å²) in [5.41, 5.74) is 0.599. The molecule has 1 aliphatic heterocycles. The van der Waals surface area contributed by atoms with E-state index >= 15 is 0 Å². The second-order valence-corrected chi connectivity index (χ2v) is 6.59. The van der Waals surface area contributed by atoms with Crippen LogP contribution in [0.15, 0.2) is 24.3 Å². The van der Waals surface area contributed by atoms with Gasteiger partial charge in [0.1, 0.15) is 5.82 Å². The van der Waals surface area contributed by atoms with Crippen LogP contribution < -0.4 is 10.2 Å². The first-order chi connectivity index (χ1) is 11.1. The summed E-state index contributed by atoms with van der Waals surface area (Å²) < 4.78 is 12.8. The lowest BCUT2D eigenvalue weighted by molar-refractivity contribution is -0.895. The van der Waals surface area contributed by atoms with Crippen LogP contribution in [0.4, 0.5) is 10.1 Å². The zero-order valence-corrected chi connectivity index (χ0v) is 14.1. The highest BCUT2D eigenvalue weighted by Crippen LogP contribution is 2.07. The number of piperazine rings is 1. The van der Waals surface area contributed by atoms with Crippen molar-refractivity contribution in [3.63, 3.8) is 0 Å². The van der Waals surface area contributed by atoms with Crippen molar-refractivity contribution in [3.8, 4) is 0 Å². The number of anilines is 1. The first kappa shape index (κ1) is 17.7. The van der Waals surface area contributed by atoms with E-state index in [2.05, 4.69) is 5.32 Å². The summed E-state index contributed by atoms with van der Waals surface area (Å²) in [6.45, 7) is 3.33. The fourth-order valence-corrected chi connectivity index (χ4v) is 2.94. The van der Waals surface area contributed by atoms with E-state index in [1.54, 1.807) is 23.9 Å². The number of carbonyl (C=O) groups excluding carboxylic acids is 2. The number of nitrogens with zero attached hydrogens (tertiary/aromatic N) is 1. The Labute approximate surface area is 140 Å². The van der Waals surface area contributed by atoms with Gasteiger partial charge in [-0.1, -0.05) is 0 Å². The number of amides is 2. The van der Waals surface area contributed by atoms with Crippen LogP contribution >= 0.6 is 11.8 Å². The molecule has 0 radical (unpaired) electrons. The van der Waals surface area contributed by atoms with Gasteiger partial charge in [-0.2, -0.15) is 11.8 Å². The molecule has 1 aliphatic rings. The molecule has 1 fully saturated rings. The van der Waals surface area contributed by atoms with E-state index in [4.69, 9.17) is 0 Å². The Bertz CT molecular complexity index is 531. The molecule has 0 atom stereocenters. The summed E-state index contributed by atoms with van der Waals surface area (Å²) in [5.74, 6) is 0.644. The number of carbonyl (C=O) groups is 2. The lowest BCUT2D eigenvalue weighted by Gasteiger charge is -2.31. The summed E-state index contributed by atoms with van der Waals surface area (Å²) in [4.78, 5) is 27.0. The molecule has 2 N–H and O–H groups in total. The molecular weight excluding hydrogens is 317 g/mol. The SMILES string of the molecule is CSCCC(=O)N1CC[NH+](CC(=O)Nc2ccc(F)cc2)CC1. The fourth-order valence-electron chi connectivity index (χ4n) is 2.56. The summed E-state index contributed by atoms with van der Waals surface area (Å²) in [6, 6.07) is 5.73. The van der Waals surface area contributed by atoms with Crippen LogP contribution in [-0.2, 0) is 9.59 Å². The van der Waals surface area contributed by atoms with Gasteiger partial charge in [0.25, 0.3) is 5.91 Å². The van der Waals surface area contributed by atoms with Crippen molar-refractivity contribution < 1.29 is 18.9 Å². The van der Waals surface area contributed by atoms with Gasteiger partial charge < -0.3 is 15.1 Å². The van der Waals surface area contributed by atoms with Gasteiger partial charge in [0.2, 0.25) is 5.91 Å². The lowest BCUT2D eigenvalue weighted by atomic mass is 10.2. The molecule has 1 aromatic carbocycles. The first-order valence-electron chi connectivity index (χ1n) is 7.74. The number of rotatable bonds is 6. The molecule has 1 saturated heterocycles. The molecule has 0 aliphatic carbocycles. The number of benzene rings is 1. The summed E-state index contributed by atoms with van der Waals surface area (Å²) >= 11 is 1.68.